The third-order valence-corrected chi connectivity index (χ3v) is 5.78. The summed E-state index contributed by atoms with van der Waals surface area (Å²) in [5.74, 6) is 1.09. The minimum Gasteiger partial charge on any atom is -0.457 e. The van der Waals surface area contributed by atoms with Crippen LogP contribution in [0.1, 0.15) is 12.0 Å². The van der Waals surface area contributed by atoms with Crippen molar-refractivity contribution in [3.8, 4) is 17.6 Å². The molecule has 0 aromatic heterocycles. The predicted molar refractivity (Wildman–Crippen MR) is 97.9 cm³/mol. The Hall–Kier alpha value is -3.39. The van der Waals surface area contributed by atoms with Crippen LogP contribution in [-0.2, 0) is 9.59 Å². The fourth-order valence-electron chi connectivity index (χ4n) is 4.55. The van der Waals surface area contributed by atoms with Crippen LogP contribution in [0.5, 0.6) is 11.5 Å². The second kappa shape index (κ2) is 5.82. The topological polar surface area (TPSA) is 70.4 Å². The fraction of sp³-hybridized carbons (Fsp3) is 0.227. The number of rotatable bonds is 3. The molecule has 4 atom stereocenters. The Morgan fingerprint density at radius 3 is 1.89 bits per heavy atom. The number of ether oxygens (including phenoxy) is 1. The molecule has 5 nitrogen and oxygen atoms in total. The predicted octanol–water partition coefficient (Wildman–Crippen LogP) is 3.66. The molecule has 2 aliphatic carbocycles. The number of anilines is 1. The van der Waals surface area contributed by atoms with Crippen LogP contribution in [0.4, 0.5) is 5.69 Å². The zero-order chi connectivity index (χ0) is 18.5. The second-order valence-electron chi connectivity index (χ2n) is 7.24. The number of benzene rings is 2. The van der Waals surface area contributed by atoms with Crippen LogP contribution in [-0.4, -0.2) is 11.8 Å². The van der Waals surface area contributed by atoms with Crippen molar-refractivity contribution in [3.63, 3.8) is 0 Å². The third kappa shape index (κ3) is 2.37. The van der Waals surface area contributed by atoms with E-state index >= 15 is 0 Å². The molecule has 2 aromatic carbocycles. The van der Waals surface area contributed by atoms with Crippen LogP contribution in [0, 0.1) is 35.0 Å². The molecule has 5 rings (SSSR count). The van der Waals surface area contributed by atoms with E-state index in [9.17, 15) is 9.59 Å². The summed E-state index contributed by atoms with van der Waals surface area (Å²) < 4.78 is 5.76. The van der Waals surface area contributed by atoms with Crippen LogP contribution in [0.2, 0.25) is 0 Å². The highest BCUT2D eigenvalue weighted by atomic mass is 16.5. The lowest BCUT2D eigenvalue weighted by molar-refractivity contribution is -0.123. The van der Waals surface area contributed by atoms with E-state index in [0.29, 0.717) is 22.7 Å². The summed E-state index contributed by atoms with van der Waals surface area (Å²) in [5, 5.41) is 8.84. The van der Waals surface area contributed by atoms with Crippen LogP contribution in [0.15, 0.2) is 60.7 Å². The summed E-state index contributed by atoms with van der Waals surface area (Å²) in [4.78, 5) is 27.0. The van der Waals surface area contributed by atoms with Gasteiger partial charge in [-0.1, -0.05) is 12.2 Å². The van der Waals surface area contributed by atoms with Crippen LogP contribution >= 0.6 is 0 Å². The zero-order valence-corrected chi connectivity index (χ0v) is 14.4. The lowest BCUT2D eigenvalue weighted by Gasteiger charge is -2.17. The van der Waals surface area contributed by atoms with E-state index in [0.717, 1.165) is 6.42 Å². The third-order valence-electron chi connectivity index (χ3n) is 5.78. The molecular formula is C22H16N2O3. The number of carbonyl (C=O) groups is 2. The van der Waals surface area contributed by atoms with Crippen LogP contribution < -0.4 is 9.64 Å². The van der Waals surface area contributed by atoms with Gasteiger partial charge in [0.2, 0.25) is 11.8 Å². The van der Waals surface area contributed by atoms with Gasteiger partial charge in [-0.15, -0.1) is 0 Å². The van der Waals surface area contributed by atoms with Crippen molar-refractivity contribution in [1.29, 1.82) is 5.26 Å². The summed E-state index contributed by atoms with van der Waals surface area (Å²) in [6, 6.07) is 15.9. The molecule has 132 valence electrons. The Morgan fingerprint density at radius 2 is 1.37 bits per heavy atom. The average molecular weight is 356 g/mol. The zero-order valence-electron chi connectivity index (χ0n) is 14.4. The van der Waals surface area contributed by atoms with Crippen molar-refractivity contribution in [2.24, 2.45) is 23.7 Å². The van der Waals surface area contributed by atoms with E-state index in [1.54, 1.807) is 48.5 Å². The highest BCUT2D eigenvalue weighted by Crippen LogP contribution is 2.53. The first-order valence-corrected chi connectivity index (χ1v) is 9.00. The van der Waals surface area contributed by atoms with E-state index in [-0.39, 0.29) is 35.5 Å². The molecule has 3 aliphatic rings. The SMILES string of the molecule is N#Cc1ccc(Oc2ccc(N3C(=O)C4C5C=CC(C5)C4C3=O)cc2)cc1. The molecular weight excluding hydrogens is 340 g/mol. The van der Waals surface area contributed by atoms with Gasteiger partial charge in [-0.05, 0) is 66.8 Å². The Morgan fingerprint density at radius 1 is 0.852 bits per heavy atom. The van der Waals surface area contributed by atoms with Crippen molar-refractivity contribution in [1.82, 2.24) is 0 Å². The van der Waals surface area contributed by atoms with Crippen LogP contribution in [0.3, 0.4) is 0 Å². The number of hydrogen-bond donors (Lipinski definition) is 0. The maximum Gasteiger partial charge on any atom is 0.238 e. The van der Waals surface area contributed by atoms with Gasteiger partial charge in [0.1, 0.15) is 11.5 Å². The van der Waals surface area contributed by atoms with Crippen molar-refractivity contribution in [2.45, 2.75) is 6.42 Å². The number of nitriles is 1. The van der Waals surface area contributed by atoms with Crippen molar-refractivity contribution in [2.75, 3.05) is 4.90 Å². The van der Waals surface area contributed by atoms with Gasteiger partial charge in [-0.25, -0.2) is 0 Å². The summed E-state index contributed by atoms with van der Waals surface area (Å²) in [6.45, 7) is 0. The fourth-order valence-corrected chi connectivity index (χ4v) is 4.55. The van der Waals surface area contributed by atoms with Gasteiger partial charge in [0.25, 0.3) is 0 Å². The van der Waals surface area contributed by atoms with Crippen molar-refractivity contribution < 1.29 is 14.3 Å². The number of allylic oxidation sites excluding steroid dienone is 2. The average Bonchev–Trinajstić information content (AvgIpc) is 3.37. The molecule has 5 heteroatoms. The van der Waals surface area contributed by atoms with Gasteiger partial charge in [0.05, 0.1) is 29.2 Å². The summed E-state index contributed by atoms with van der Waals surface area (Å²) >= 11 is 0. The Kier molecular flexibility index (Phi) is 3.41. The highest BCUT2D eigenvalue weighted by Gasteiger charge is 2.59. The van der Waals surface area contributed by atoms with E-state index in [1.165, 1.54) is 4.90 Å². The maximum atomic E-state index is 12.8. The molecule has 0 radical (unpaired) electrons. The molecule has 1 heterocycles. The molecule has 0 spiro atoms. The molecule has 1 aliphatic heterocycles. The summed E-state index contributed by atoms with van der Waals surface area (Å²) in [6.07, 6.45) is 5.11. The standard InChI is InChI=1S/C22H16N2O3/c23-12-13-1-7-17(8-2-13)27-18-9-5-16(6-10-18)24-21(25)19-14-3-4-15(11-14)20(19)22(24)26/h1-10,14-15,19-20H,11H2. The number of hydrogen-bond acceptors (Lipinski definition) is 4. The monoisotopic (exact) mass is 356 g/mol. The molecule has 27 heavy (non-hydrogen) atoms. The number of nitrogens with zero attached hydrogens (tertiary/aromatic N) is 2. The second-order valence-corrected chi connectivity index (χ2v) is 7.24. The summed E-state index contributed by atoms with van der Waals surface area (Å²) in [7, 11) is 0. The van der Waals surface area contributed by atoms with E-state index < -0.39 is 0 Å². The van der Waals surface area contributed by atoms with Gasteiger partial charge >= 0.3 is 0 Å². The molecule has 4 unspecified atom stereocenters. The first-order chi connectivity index (χ1) is 13.2. The number of amides is 2. The van der Waals surface area contributed by atoms with Crippen LogP contribution in [0.25, 0.3) is 0 Å². The molecule has 2 aromatic rings. The summed E-state index contributed by atoms with van der Waals surface area (Å²) in [5.41, 5.74) is 1.16. The molecule has 2 fully saturated rings. The van der Waals surface area contributed by atoms with Crippen molar-refractivity contribution >= 4 is 17.5 Å². The molecule has 0 N–H and O–H groups in total. The van der Waals surface area contributed by atoms with Gasteiger partial charge in [0.15, 0.2) is 0 Å². The lowest BCUT2D eigenvalue weighted by Crippen LogP contribution is -2.32. The minimum atomic E-state index is -0.193. The molecule has 2 amide bonds. The Balaban J connectivity index is 1.35. The van der Waals surface area contributed by atoms with Gasteiger partial charge in [-0.2, -0.15) is 5.26 Å². The Labute approximate surface area is 156 Å². The minimum absolute atomic E-state index is 0.0809. The smallest absolute Gasteiger partial charge is 0.238 e. The first kappa shape index (κ1) is 15.8. The lowest BCUT2D eigenvalue weighted by atomic mass is 9.85. The molecule has 2 bridgehead atoms. The first-order valence-electron chi connectivity index (χ1n) is 9.00. The van der Waals surface area contributed by atoms with Crippen molar-refractivity contribution in [3.05, 3.63) is 66.2 Å². The van der Waals surface area contributed by atoms with E-state index in [4.69, 9.17) is 10.00 Å². The van der Waals surface area contributed by atoms with Gasteiger partial charge < -0.3 is 4.74 Å². The number of fused-ring (bicyclic) bond motifs is 5. The number of imide groups is 1. The molecule has 1 saturated heterocycles. The van der Waals surface area contributed by atoms with Gasteiger partial charge in [0, 0.05) is 0 Å². The van der Waals surface area contributed by atoms with Gasteiger partial charge in [-0.3, -0.25) is 14.5 Å². The highest BCUT2D eigenvalue weighted by molar-refractivity contribution is 6.22. The maximum absolute atomic E-state index is 12.8. The quantitative estimate of drug-likeness (QED) is 0.622. The van der Waals surface area contributed by atoms with E-state index in [1.807, 2.05) is 0 Å². The largest absolute Gasteiger partial charge is 0.457 e. The molecule has 1 saturated carbocycles. The van der Waals surface area contributed by atoms with E-state index in [2.05, 4.69) is 18.2 Å². The number of carbonyl (C=O) groups excluding carboxylic acids is 2. The normalized spacial score (nSPS) is 27.7. The Bertz CT molecular complexity index is 971.